The maximum absolute atomic E-state index is 13.3. The van der Waals surface area contributed by atoms with Gasteiger partial charge in [-0.2, -0.15) is 9.59 Å². The molecule has 370 valence electrons. The van der Waals surface area contributed by atoms with E-state index in [1.807, 2.05) is 79.7 Å². The molecule has 0 saturated heterocycles. The second kappa shape index (κ2) is 30.2. The van der Waals surface area contributed by atoms with Crippen LogP contribution in [0.4, 0.5) is 11.4 Å². The molecule has 4 aromatic carbocycles. The molecule has 12 nitrogen and oxygen atoms in total. The van der Waals surface area contributed by atoms with Gasteiger partial charge in [0, 0.05) is 46.3 Å². The quantitative estimate of drug-likeness (QED) is 0.0843. The molecule has 2 heterocycles. The standard InChI is InChI=1S/C26H36N2O4S.C23H31IN2O2S.CO2.2ClH/c1-20-16-17-22-24(19-20)33(31,32)28(2)23-14-11-10-13-21(23)26(22)27-18-12-8-6-4-3-5-7-9-15-25(29)30;1-3-4-5-6-7-8-11-16-25-23-19-12-9-10-13-21(19)26(2)29(27,28)22-17-18(24)14-15-20(22)23;2-1-3;;/h10-11,13-14,16-17,19,26-27H,3-9,12,15,18H2,1-2H3,(H,29,30);9-10,12-15,17,23,25H,3-8,11,16H2,1-2H3;;2*1H. The van der Waals surface area contributed by atoms with Crippen LogP contribution in [0.15, 0.2) is 94.7 Å². The predicted octanol–water partition coefficient (Wildman–Crippen LogP) is 2.64. The van der Waals surface area contributed by atoms with Gasteiger partial charge in [0.2, 0.25) is 0 Å². The molecule has 67 heavy (non-hydrogen) atoms. The number of carbonyl (C=O) groups excluding carboxylic acids is 2. The Kier molecular flexibility index (Phi) is 26.8. The fraction of sp³-hybridized carbons (Fsp3) is 0.480. The van der Waals surface area contributed by atoms with Crippen LogP contribution in [-0.4, -0.2) is 61.2 Å². The van der Waals surface area contributed by atoms with Gasteiger partial charge in [0.05, 0.1) is 34.3 Å². The minimum absolute atomic E-state index is 0. The maximum Gasteiger partial charge on any atom is 0.373 e. The van der Waals surface area contributed by atoms with Gasteiger partial charge in [-0.1, -0.05) is 126 Å². The number of carboxylic acids is 1. The smallest absolute Gasteiger partial charge is 0.373 e. The van der Waals surface area contributed by atoms with E-state index in [1.54, 1.807) is 20.2 Å². The Morgan fingerprint density at radius 3 is 1.43 bits per heavy atom. The normalized spacial score (nSPS) is 15.9. The number of aryl methyl sites for hydroxylation is 1. The van der Waals surface area contributed by atoms with Crippen molar-refractivity contribution in [2.75, 3.05) is 35.8 Å². The Morgan fingerprint density at radius 2 is 0.985 bits per heavy atom. The number of quaternary nitrogens is 2. The molecule has 2 unspecified atom stereocenters. The van der Waals surface area contributed by atoms with Crippen LogP contribution in [0.2, 0.25) is 0 Å². The number of carboxylic acid groups (broad SMARTS) is 1. The first-order valence-corrected chi connectivity index (χ1v) is 27.1. The number of carbonyl (C=O) groups is 1. The molecule has 0 amide bonds. The van der Waals surface area contributed by atoms with E-state index < -0.39 is 26.0 Å². The summed E-state index contributed by atoms with van der Waals surface area (Å²) < 4.78 is 57.1. The molecule has 5 N–H and O–H groups in total. The van der Waals surface area contributed by atoms with Gasteiger partial charge < -0.3 is 40.6 Å². The van der Waals surface area contributed by atoms with Crippen molar-refractivity contribution in [1.82, 2.24) is 0 Å². The highest BCUT2D eigenvalue weighted by molar-refractivity contribution is 14.1. The highest BCUT2D eigenvalue weighted by atomic mass is 127. The molecule has 2 aliphatic rings. The molecule has 0 saturated carbocycles. The molecule has 0 bridgehead atoms. The summed E-state index contributed by atoms with van der Waals surface area (Å²) in [7, 11) is -3.86. The number of nitrogens with zero attached hydrogens (tertiary/aromatic N) is 2. The number of fused-ring (bicyclic) bond motifs is 4. The SMILES string of the molecule is CCCCCCCCC[NH2+]C1c2ccccc2N(C)S(=O)(=O)c2cc(I)ccc21.Cc1ccc2c(c1)S(=O)(=O)N(C)c1ccccc1C2[NH2+]CCCCCCCCCCC(=O)O.O=C=O.[Cl-].[Cl-]. The Bertz CT molecular complexity index is 2420. The number of rotatable bonds is 21. The van der Waals surface area contributed by atoms with Gasteiger partial charge in [-0.25, -0.2) is 16.8 Å². The summed E-state index contributed by atoms with van der Waals surface area (Å²) in [5.74, 6) is -0.704. The zero-order valence-corrected chi connectivity index (χ0v) is 44.6. The predicted molar refractivity (Wildman–Crippen MR) is 264 cm³/mol. The van der Waals surface area contributed by atoms with E-state index in [0.29, 0.717) is 9.79 Å². The molecule has 0 aliphatic carbocycles. The van der Waals surface area contributed by atoms with Crippen LogP contribution >= 0.6 is 22.6 Å². The molecule has 17 heteroatoms. The average Bonchev–Trinajstić information content (AvgIpc) is 3.39. The zero-order valence-electron chi connectivity index (χ0n) is 39.3. The van der Waals surface area contributed by atoms with E-state index in [1.165, 1.54) is 60.0 Å². The second-order valence-electron chi connectivity index (χ2n) is 17.0. The van der Waals surface area contributed by atoms with Crippen LogP contribution in [-0.2, 0) is 34.4 Å². The topological polar surface area (TPSA) is 179 Å². The monoisotopic (exact) mass is 1110 g/mol. The lowest BCUT2D eigenvalue weighted by Crippen LogP contribution is -3.00. The summed E-state index contributed by atoms with van der Waals surface area (Å²) in [6.07, 6.45) is 18.2. The number of benzene rings is 4. The van der Waals surface area contributed by atoms with E-state index in [2.05, 4.69) is 46.2 Å². The maximum atomic E-state index is 13.3. The lowest BCUT2D eigenvalue weighted by Gasteiger charge is -2.20. The van der Waals surface area contributed by atoms with Gasteiger partial charge in [0.1, 0.15) is 12.1 Å². The first-order chi connectivity index (χ1) is 31.2. The third-order valence-electron chi connectivity index (χ3n) is 12.3. The molecular weight excluding hydrogens is 1050 g/mol. The van der Waals surface area contributed by atoms with Crippen molar-refractivity contribution in [3.05, 3.63) is 116 Å². The van der Waals surface area contributed by atoms with Gasteiger partial charge in [0.15, 0.2) is 0 Å². The summed E-state index contributed by atoms with van der Waals surface area (Å²) in [6.45, 7) is 6.12. The van der Waals surface area contributed by atoms with Crippen molar-refractivity contribution < 1.29 is 71.8 Å². The van der Waals surface area contributed by atoms with Crippen molar-refractivity contribution in [2.24, 2.45) is 0 Å². The van der Waals surface area contributed by atoms with E-state index >= 15 is 0 Å². The van der Waals surface area contributed by atoms with Crippen molar-refractivity contribution >= 4 is 66.1 Å². The van der Waals surface area contributed by atoms with Crippen LogP contribution in [0.1, 0.15) is 150 Å². The molecule has 0 aromatic heterocycles. The van der Waals surface area contributed by atoms with Gasteiger partial charge in [-0.3, -0.25) is 13.4 Å². The summed E-state index contributed by atoms with van der Waals surface area (Å²) in [5.41, 5.74) is 6.33. The van der Waals surface area contributed by atoms with Gasteiger partial charge in [0.25, 0.3) is 20.0 Å². The molecule has 2 atom stereocenters. The number of aliphatic carboxylic acids is 1. The van der Waals surface area contributed by atoms with E-state index in [4.69, 9.17) is 14.7 Å². The third kappa shape index (κ3) is 16.8. The number of hydrogen-bond donors (Lipinski definition) is 3. The highest BCUT2D eigenvalue weighted by Gasteiger charge is 2.38. The molecule has 4 aromatic rings. The van der Waals surface area contributed by atoms with Gasteiger partial charge >= 0.3 is 12.1 Å². The van der Waals surface area contributed by atoms with Crippen LogP contribution in [0, 0.1) is 10.5 Å². The molecule has 0 radical (unpaired) electrons. The number of anilines is 2. The van der Waals surface area contributed by atoms with E-state index in [-0.39, 0.29) is 49.5 Å². The lowest BCUT2D eigenvalue weighted by atomic mass is 9.96. The molecule has 0 spiro atoms. The Hall–Kier alpha value is -3.54. The van der Waals surface area contributed by atoms with E-state index in [9.17, 15) is 21.6 Å². The Labute approximate surface area is 425 Å². The number of hydrogen-bond acceptors (Lipinski definition) is 7. The first-order valence-electron chi connectivity index (χ1n) is 23.1. The number of para-hydroxylation sites is 2. The molecule has 2 aliphatic heterocycles. The lowest BCUT2D eigenvalue weighted by molar-refractivity contribution is -0.687. The van der Waals surface area contributed by atoms with Gasteiger partial charge in [-0.05, 0) is 97.5 Å². The number of nitrogens with two attached hydrogens (primary N) is 2. The summed E-state index contributed by atoms with van der Waals surface area (Å²) in [4.78, 5) is 27.6. The van der Waals surface area contributed by atoms with Crippen molar-refractivity contribution in [3.63, 3.8) is 0 Å². The number of halogens is 3. The Morgan fingerprint density at radius 1 is 0.597 bits per heavy atom. The van der Waals surface area contributed by atoms with Crippen molar-refractivity contribution in [1.29, 1.82) is 0 Å². The highest BCUT2D eigenvalue weighted by Crippen LogP contribution is 2.40. The van der Waals surface area contributed by atoms with Crippen LogP contribution in [0.5, 0.6) is 0 Å². The summed E-state index contributed by atoms with van der Waals surface area (Å²) in [5, 5.41) is 13.3. The fourth-order valence-electron chi connectivity index (χ4n) is 8.73. The van der Waals surface area contributed by atoms with Crippen LogP contribution in [0.3, 0.4) is 0 Å². The Balaban J connectivity index is 0.000000425. The molecule has 6 rings (SSSR count). The average molecular weight is 1120 g/mol. The van der Waals surface area contributed by atoms with Crippen molar-refractivity contribution in [3.8, 4) is 0 Å². The number of sulfonamides is 2. The third-order valence-corrected chi connectivity index (χ3v) is 16.6. The first kappa shape index (κ1) is 59.6. The van der Waals surface area contributed by atoms with E-state index in [0.717, 1.165) is 101 Å². The van der Waals surface area contributed by atoms with Crippen molar-refractivity contribution in [2.45, 2.75) is 138 Å². The minimum atomic E-state index is -3.60. The zero-order chi connectivity index (χ0) is 47.4. The largest absolute Gasteiger partial charge is 1.00 e. The van der Waals surface area contributed by atoms with Gasteiger partial charge in [-0.15, -0.1) is 0 Å². The second-order valence-corrected chi connectivity index (χ2v) is 22.1. The van der Waals surface area contributed by atoms with Crippen LogP contribution in [0.25, 0.3) is 0 Å². The minimum Gasteiger partial charge on any atom is -1.00 e. The summed E-state index contributed by atoms with van der Waals surface area (Å²) >= 11 is 2.19. The van der Waals surface area contributed by atoms with Crippen LogP contribution < -0.4 is 44.1 Å². The molecule has 0 fully saturated rings. The summed E-state index contributed by atoms with van der Waals surface area (Å²) in [6, 6.07) is 27.3. The molecular formula is C50H69Cl2IN4O8S2. The fourth-order valence-corrected chi connectivity index (χ4v) is 12.5. The number of unbranched alkanes of at least 4 members (excludes halogenated alkanes) is 13.